The van der Waals surface area contributed by atoms with Crippen molar-refractivity contribution in [2.75, 3.05) is 13.1 Å². The number of aromatic nitrogens is 2. The predicted molar refractivity (Wildman–Crippen MR) is 104 cm³/mol. The van der Waals surface area contributed by atoms with Crippen LogP contribution in [0.25, 0.3) is 5.69 Å². The van der Waals surface area contributed by atoms with Gasteiger partial charge < -0.3 is 16.0 Å². The normalized spacial score (nSPS) is 19.2. The number of guanidine groups is 1. The number of hydrogen-bond donors (Lipinski definition) is 3. The summed E-state index contributed by atoms with van der Waals surface area (Å²) in [6.07, 6.45) is 4.59. The van der Waals surface area contributed by atoms with Crippen LogP contribution in [0.15, 0.2) is 47.7 Å². The number of amides is 3. The molecule has 0 radical (unpaired) electrons. The van der Waals surface area contributed by atoms with Gasteiger partial charge in [-0.2, -0.15) is 5.10 Å². The van der Waals surface area contributed by atoms with Crippen LogP contribution >= 0.6 is 0 Å². The first-order valence-electron chi connectivity index (χ1n) is 9.29. The summed E-state index contributed by atoms with van der Waals surface area (Å²) in [5, 5.41) is 9.93. The van der Waals surface area contributed by atoms with Crippen LogP contribution in [0, 0.1) is 0 Å². The number of nitrogens with two attached hydrogens (primary N) is 1. The highest BCUT2D eigenvalue weighted by Gasteiger charge is 2.46. The summed E-state index contributed by atoms with van der Waals surface area (Å²) in [6, 6.07) is 9.44. The van der Waals surface area contributed by atoms with E-state index in [4.69, 9.17) is 5.73 Å². The number of aliphatic imine (C=N–C) groups is 1. The van der Waals surface area contributed by atoms with Crippen LogP contribution in [0.3, 0.4) is 0 Å². The number of nitrogens with one attached hydrogen (secondary N) is 2. The molecule has 2 aliphatic rings. The molecule has 0 bridgehead atoms. The SMILES string of the molecule is CC(NC(=O)N1CCC2(CC1)N=C(N)NC2=O)c1cnn(-c2ccccc2)c1. The van der Waals surface area contributed by atoms with Crippen LogP contribution in [0.5, 0.6) is 0 Å². The molecular weight excluding hydrogens is 358 g/mol. The highest BCUT2D eigenvalue weighted by atomic mass is 16.2. The van der Waals surface area contributed by atoms with Crippen molar-refractivity contribution in [2.45, 2.75) is 31.3 Å². The minimum Gasteiger partial charge on any atom is -0.370 e. The molecule has 0 aliphatic carbocycles. The van der Waals surface area contributed by atoms with Gasteiger partial charge in [0.2, 0.25) is 0 Å². The fourth-order valence-electron chi connectivity index (χ4n) is 3.60. The second-order valence-corrected chi connectivity index (χ2v) is 7.19. The van der Waals surface area contributed by atoms with Crippen molar-refractivity contribution in [2.24, 2.45) is 10.7 Å². The van der Waals surface area contributed by atoms with E-state index < -0.39 is 5.54 Å². The van der Waals surface area contributed by atoms with Gasteiger partial charge in [0, 0.05) is 24.8 Å². The van der Waals surface area contributed by atoms with E-state index >= 15 is 0 Å². The lowest BCUT2D eigenvalue weighted by atomic mass is 9.88. The molecule has 1 aromatic carbocycles. The average Bonchev–Trinajstić information content (AvgIpc) is 3.28. The van der Waals surface area contributed by atoms with Crippen molar-refractivity contribution in [3.05, 3.63) is 48.3 Å². The number of nitrogens with zero attached hydrogens (tertiary/aromatic N) is 4. The monoisotopic (exact) mass is 381 g/mol. The molecule has 4 rings (SSSR count). The van der Waals surface area contributed by atoms with E-state index in [9.17, 15) is 9.59 Å². The molecule has 1 unspecified atom stereocenters. The molecule has 3 heterocycles. The summed E-state index contributed by atoms with van der Waals surface area (Å²) in [4.78, 5) is 30.7. The average molecular weight is 381 g/mol. The van der Waals surface area contributed by atoms with Gasteiger partial charge in [-0.3, -0.25) is 10.1 Å². The molecule has 28 heavy (non-hydrogen) atoms. The molecule has 1 atom stereocenters. The Bertz CT molecular complexity index is 913. The molecular formula is C19H23N7O2. The number of hydrogen-bond acceptors (Lipinski definition) is 5. The summed E-state index contributed by atoms with van der Waals surface area (Å²) in [5.41, 5.74) is 6.68. The van der Waals surface area contributed by atoms with E-state index in [1.807, 2.05) is 43.5 Å². The van der Waals surface area contributed by atoms with Crippen molar-refractivity contribution >= 4 is 17.9 Å². The van der Waals surface area contributed by atoms with Crippen LogP contribution in [0.4, 0.5) is 4.79 Å². The lowest BCUT2D eigenvalue weighted by Crippen LogP contribution is -2.52. The van der Waals surface area contributed by atoms with E-state index in [0.717, 1.165) is 11.3 Å². The van der Waals surface area contributed by atoms with Crippen LogP contribution in [0.1, 0.15) is 31.4 Å². The maximum atomic E-state index is 12.6. The summed E-state index contributed by atoms with van der Waals surface area (Å²) in [7, 11) is 0. The zero-order valence-corrected chi connectivity index (χ0v) is 15.6. The van der Waals surface area contributed by atoms with E-state index in [0.29, 0.717) is 25.9 Å². The highest BCUT2D eigenvalue weighted by molar-refractivity contribution is 6.06. The molecule has 1 aromatic heterocycles. The van der Waals surface area contributed by atoms with Crippen LogP contribution in [-0.2, 0) is 4.79 Å². The second-order valence-electron chi connectivity index (χ2n) is 7.19. The second kappa shape index (κ2) is 6.99. The fraction of sp³-hybridized carbons (Fsp3) is 0.368. The summed E-state index contributed by atoms with van der Waals surface area (Å²) >= 11 is 0. The molecule has 9 nitrogen and oxygen atoms in total. The van der Waals surface area contributed by atoms with Crippen LogP contribution in [0.2, 0.25) is 0 Å². The van der Waals surface area contributed by atoms with Gasteiger partial charge in [0.1, 0.15) is 5.54 Å². The Morgan fingerprint density at radius 3 is 2.64 bits per heavy atom. The number of piperidine rings is 1. The number of urea groups is 1. The van der Waals surface area contributed by atoms with Gasteiger partial charge in [0.15, 0.2) is 5.96 Å². The molecule has 1 spiro atoms. The first kappa shape index (κ1) is 18.0. The van der Waals surface area contributed by atoms with E-state index in [1.54, 1.807) is 15.8 Å². The van der Waals surface area contributed by atoms with Gasteiger partial charge in [-0.1, -0.05) is 18.2 Å². The van der Waals surface area contributed by atoms with E-state index in [-0.39, 0.29) is 23.9 Å². The van der Waals surface area contributed by atoms with E-state index in [2.05, 4.69) is 20.7 Å². The van der Waals surface area contributed by atoms with Crippen molar-refractivity contribution < 1.29 is 9.59 Å². The Morgan fingerprint density at radius 2 is 2.00 bits per heavy atom. The van der Waals surface area contributed by atoms with Crippen molar-refractivity contribution in [1.29, 1.82) is 0 Å². The van der Waals surface area contributed by atoms with E-state index in [1.165, 1.54) is 0 Å². The number of para-hydroxylation sites is 1. The molecule has 0 saturated carbocycles. The maximum Gasteiger partial charge on any atom is 0.317 e. The first-order valence-corrected chi connectivity index (χ1v) is 9.29. The molecule has 3 amide bonds. The third kappa shape index (κ3) is 3.30. The molecule has 4 N–H and O–H groups in total. The summed E-state index contributed by atoms with van der Waals surface area (Å²) in [6.45, 7) is 2.82. The van der Waals surface area contributed by atoms with Gasteiger partial charge in [-0.25, -0.2) is 14.5 Å². The minimum atomic E-state index is -0.816. The Labute approximate surface area is 162 Å². The third-order valence-corrected chi connectivity index (χ3v) is 5.34. The van der Waals surface area contributed by atoms with Crippen molar-refractivity contribution in [3.8, 4) is 5.69 Å². The topological polar surface area (TPSA) is 118 Å². The maximum absolute atomic E-state index is 12.6. The van der Waals surface area contributed by atoms with Crippen molar-refractivity contribution in [1.82, 2.24) is 25.3 Å². The molecule has 1 saturated heterocycles. The molecule has 9 heteroatoms. The summed E-state index contributed by atoms with van der Waals surface area (Å²) < 4.78 is 1.78. The molecule has 2 aliphatic heterocycles. The number of likely N-dealkylation sites (tertiary alicyclic amines) is 1. The highest BCUT2D eigenvalue weighted by Crippen LogP contribution is 2.29. The first-order chi connectivity index (χ1) is 13.5. The fourth-order valence-corrected chi connectivity index (χ4v) is 3.60. The Kier molecular flexibility index (Phi) is 4.50. The number of rotatable bonds is 3. The Balaban J connectivity index is 1.36. The van der Waals surface area contributed by atoms with Gasteiger partial charge in [0.05, 0.1) is 17.9 Å². The third-order valence-electron chi connectivity index (χ3n) is 5.34. The zero-order valence-electron chi connectivity index (χ0n) is 15.6. The quantitative estimate of drug-likeness (QED) is 0.733. The van der Waals surface area contributed by atoms with Gasteiger partial charge >= 0.3 is 6.03 Å². The Morgan fingerprint density at radius 1 is 1.29 bits per heavy atom. The lowest BCUT2D eigenvalue weighted by Gasteiger charge is -2.35. The van der Waals surface area contributed by atoms with Crippen LogP contribution < -0.4 is 16.4 Å². The number of benzene rings is 1. The van der Waals surface area contributed by atoms with Gasteiger partial charge in [-0.05, 0) is 31.9 Å². The molecule has 2 aromatic rings. The number of carbonyl (C=O) groups excluding carboxylic acids is 2. The number of carbonyl (C=O) groups is 2. The summed E-state index contributed by atoms with van der Waals surface area (Å²) in [5.74, 6) is -0.0151. The standard InChI is InChI=1S/C19H23N7O2/c1-13(14-11-21-26(12-14)15-5-3-2-4-6-15)22-18(28)25-9-7-19(8-10-25)16(27)23-17(20)24-19/h2-6,11-13H,7-10H2,1H3,(H,22,28)(H3,20,23,24,27). The lowest BCUT2D eigenvalue weighted by molar-refractivity contribution is -0.125. The van der Waals surface area contributed by atoms with Crippen LogP contribution in [-0.4, -0.2) is 51.2 Å². The van der Waals surface area contributed by atoms with Gasteiger partial charge in [0.25, 0.3) is 5.91 Å². The smallest absolute Gasteiger partial charge is 0.317 e. The molecule has 1 fully saturated rings. The Hall–Kier alpha value is -3.36. The minimum absolute atomic E-state index is 0.159. The predicted octanol–water partition coefficient (Wildman–Crippen LogP) is 0.922. The molecule has 146 valence electrons. The van der Waals surface area contributed by atoms with Crippen molar-refractivity contribution in [3.63, 3.8) is 0 Å². The zero-order chi connectivity index (χ0) is 19.7. The van der Waals surface area contributed by atoms with Gasteiger partial charge in [-0.15, -0.1) is 0 Å². The largest absolute Gasteiger partial charge is 0.370 e.